The highest BCUT2D eigenvalue weighted by atomic mass is 28.3. The first-order valence-corrected chi connectivity index (χ1v) is 24.9. The summed E-state index contributed by atoms with van der Waals surface area (Å²) in [7, 11) is -1.66. The van der Waals surface area contributed by atoms with Gasteiger partial charge in [-0.05, 0) is 121 Å². The van der Waals surface area contributed by atoms with Gasteiger partial charge in [-0.15, -0.1) is 6.58 Å². The summed E-state index contributed by atoms with van der Waals surface area (Å²) < 4.78 is 5.56. The standard InChI is InChI=1S/C51H56N2Si/c1-5-45-50-49(44-19-11-10-18-43(44)47-29-39(48(32-52(47)50)54(2,3)4)28-38-27-33-21-23-34(38)24-22-33)51(45)30-36-14-7-9-17-42(36)46-26-25-37(31-53(46)51)41-20-12-15-35-13-6-8-16-40(35)41/h5,7,9-12,14-15,17-20,25-26,29,31-34,38,45,49-50H,1,6,8,13,16,21-24,27-28,30H2,2-4H3/q+2. The second kappa shape index (κ2) is 12.2. The van der Waals surface area contributed by atoms with Crippen LogP contribution in [0.3, 0.4) is 0 Å². The van der Waals surface area contributed by atoms with E-state index >= 15 is 0 Å². The summed E-state index contributed by atoms with van der Waals surface area (Å²) in [6.07, 6.45) is 22.2. The predicted octanol–water partition coefficient (Wildman–Crippen LogP) is 10.5. The third-order valence-corrected chi connectivity index (χ3v) is 17.6. The molecule has 272 valence electrons. The van der Waals surface area contributed by atoms with Crippen LogP contribution in [0.4, 0.5) is 0 Å². The Hall–Kier alpha value is -4.08. The van der Waals surface area contributed by atoms with Gasteiger partial charge in [0.1, 0.15) is 11.8 Å². The summed E-state index contributed by atoms with van der Waals surface area (Å²) in [5.74, 6) is 3.37. The summed E-state index contributed by atoms with van der Waals surface area (Å²) in [6.45, 7) is 12.4. The molecular weight excluding hydrogens is 669 g/mol. The highest BCUT2D eigenvalue weighted by Crippen LogP contribution is 2.64. The average molecular weight is 725 g/mol. The fourth-order valence-corrected chi connectivity index (χ4v) is 14.8. The largest absolute Gasteiger partial charge is 0.213 e. The summed E-state index contributed by atoms with van der Waals surface area (Å²) in [5, 5.41) is 1.69. The van der Waals surface area contributed by atoms with Crippen molar-refractivity contribution >= 4 is 13.3 Å². The van der Waals surface area contributed by atoms with E-state index in [1.54, 1.807) is 21.9 Å². The smallest absolute Gasteiger partial charge is 0.194 e. The van der Waals surface area contributed by atoms with Crippen molar-refractivity contribution in [2.75, 3.05) is 0 Å². The van der Waals surface area contributed by atoms with E-state index in [2.05, 4.69) is 139 Å². The van der Waals surface area contributed by atoms with Crippen molar-refractivity contribution in [2.24, 2.45) is 23.7 Å². The van der Waals surface area contributed by atoms with Crippen LogP contribution in [0.15, 0.2) is 110 Å². The number of benzene rings is 3. The average Bonchev–Trinajstić information content (AvgIpc) is 3.20. The number of fused-ring (bicyclic) bond motifs is 15. The Balaban J connectivity index is 1.10. The molecule has 2 bridgehead atoms. The van der Waals surface area contributed by atoms with Gasteiger partial charge in [0.15, 0.2) is 24.0 Å². The molecule has 0 radical (unpaired) electrons. The molecule has 1 spiro atoms. The Morgan fingerprint density at radius 2 is 1.54 bits per heavy atom. The second-order valence-electron chi connectivity index (χ2n) is 19.2. The van der Waals surface area contributed by atoms with Crippen molar-refractivity contribution in [1.29, 1.82) is 0 Å². The van der Waals surface area contributed by atoms with Crippen LogP contribution in [0.1, 0.15) is 84.7 Å². The van der Waals surface area contributed by atoms with Gasteiger partial charge in [0, 0.05) is 34.9 Å². The van der Waals surface area contributed by atoms with Gasteiger partial charge in [-0.2, -0.15) is 9.13 Å². The molecule has 0 amide bonds. The minimum atomic E-state index is -1.66. The number of allylic oxidation sites excluding steroid dienone is 1. The Morgan fingerprint density at radius 3 is 2.33 bits per heavy atom. The number of hydrogen-bond donors (Lipinski definition) is 0. The molecule has 3 heteroatoms. The van der Waals surface area contributed by atoms with E-state index in [-0.39, 0.29) is 11.5 Å². The van der Waals surface area contributed by atoms with Crippen LogP contribution < -0.4 is 14.3 Å². The van der Waals surface area contributed by atoms with E-state index in [0.29, 0.717) is 12.0 Å². The molecule has 0 N–H and O–H groups in total. The van der Waals surface area contributed by atoms with E-state index in [9.17, 15) is 0 Å². The quantitative estimate of drug-likeness (QED) is 0.0969. The topological polar surface area (TPSA) is 7.76 Å². The normalized spacial score (nSPS) is 28.5. The molecule has 5 atom stereocenters. The molecule has 54 heavy (non-hydrogen) atoms. The number of aryl methyl sites for hydroxylation is 1. The molecule has 5 aromatic rings. The summed E-state index contributed by atoms with van der Waals surface area (Å²) in [4.78, 5) is 0. The van der Waals surface area contributed by atoms with Gasteiger partial charge in [0.05, 0.1) is 13.6 Å². The molecular formula is C51H56N2Si+2. The van der Waals surface area contributed by atoms with E-state index in [4.69, 9.17) is 0 Å². The molecule has 4 saturated carbocycles. The van der Waals surface area contributed by atoms with E-state index < -0.39 is 8.07 Å². The first-order valence-electron chi connectivity index (χ1n) is 21.4. The molecule has 7 aliphatic rings. The molecule has 2 aromatic heterocycles. The second-order valence-corrected chi connectivity index (χ2v) is 24.2. The molecule has 3 aromatic carbocycles. The predicted molar refractivity (Wildman–Crippen MR) is 224 cm³/mol. The van der Waals surface area contributed by atoms with Crippen LogP contribution in [0, 0.1) is 23.7 Å². The SMILES string of the molecule is C=CC1C2C(c3ccccc3-c3cc(CC4CC5CCC4CC5)c([Si](C)(C)C)c[n+]32)C12Cc1ccccc1-c1ccc(-c3cccc4c3CCCC4)c[n+]12. The highest BCUT2D eigenvalue weighted by Gasteiger charge is 2.76. The van der Waals surface area contributed by atoms with Crippen molar-refractivity contribution in [3.05, 3.63) is 138 Å². The Bertz CT molecular complexity index is 2340. The lowest BCUT2D eigenvalue weighted by Gasteiger charge is -2.56. The maximum atomic E-state index is 4.69. The summed E-state index contributed by atoms with van der Waals surface area (Å²) in [6, 6.07) is 33.7. The zero-order valence-electron chi connectivity index (χ0n) is 32.7. The van der Waals surface area contributed by atoms with Gasteiger partial charge < -0.3 is 0 Å². The molecule has 4 fully saturated rings. The zero-order chi connectivity index (χ0) is 36.3. The van der Waals surface area contributed by atoms with Crippen molar-refractivity contribution in [1.82, 2.24) is 0 Å². The first-order chi connectivity index (χ1) is 26.3. The number of rotatable bonds is 5. The van der Waals surface area contributed by atoms with Crippen LogP contribution in [0.2, 0.25) is 19.6 Å². The van der Waals surface area contributed by atoms with E-state index in [1.807, 2.05) is 0 Å². The van der Waals surface area contributed by atoms with Crippen LogP contribution in [-0.4, -0.2) is 8.07 Å². The Labute approximate surface area is 324 Å². The lowest BCUT2D eigenvalue weighted by molar-refractivity contribution is -0.836. The minimum absolute atomic E-state index is 0.152. The monoisotopic (exact) mass is 724 g/mol. The van der Waals surface area contributed by atoms with E-state index in [1.165, 1.54) is 109 Å². The Morgan fingerprint density at radius 1 is 0.778 bits per heavy atom. The Kier molecular flexibility index (Phi) is 7.52. The van der Waals surface area contributed by atoms with Gasteiger partial charge in [0.2, 0.25) is 11.4 Å². The fourth-order valence-electron chi connectivity index (χ4n) is 13.1. The molecule has 4 heterocycles. The molecule has 2 aliphatic heterocycles. The minimum Gasteiger partial charge on any atom is -0.194 e. The van der Waals surface area contributed by atoms with Gasteiger partial charge in [-0.3, -0.25) is 0 Å². The maximum Gasteiger partial charge on any atom is 0.213 e. The van der Waals surface area contributed by atoms with Gasteiger partial charge in [-0.1, -0.05) is 93.2 Å². The number of aromatic nitrogens is 2. The van der Waals surface area contributed by atoms with Crippen molar-refractivity contribution in [3.8, 4) is 33.6 Å². The van der Waals surface area contributed by atoms with Gasteiger partial charge >= 0.3 is 0 Å². The van der Waals surface area contributed by atoms with Crippen molar-refractivity contribution < 1.29 is 9.13 Å². The summed E-state index contributed by atoms with van der Waals surface area (Å²) >= 11 is 0. The number of pyridine rings is 2. The number of hydrogen-bond acceptors (Lipinski definition) is 0. The lowest BCUT2D eigenvalue weighted by Crippen LogP contribution is -2.80. The molecule has 12 rings (SSSR count). The summed E-state index contributed by atoms with van der Waals surface area (Å²) in [5.41, 5.74) is 16.1. The van der Waals surface area contributed by atoms with Crippen molar-refractivity contribution in [2.45, 2.75) is 108 Å². The molecule has 0 saturated heterocycles. The highest BCUT2D eigenvalue weighted by molar-refractivity contribution is 6.89. The molecule has 2 nitrogen and oxygen atoms in total. The number of nitrogens with zero attached hydrogens (tertiary/aromatic N) is 2. The first kappa shape index (κ1) is 33.3. The fraction of sp³-hybridized carbons (Fsp3) is 0.412. The zero-order valence-corrected chi connectivity index (χ0v) is 33.7. The van der Waals surface area contributed by atoms with Gasteiger partial charge in [0.25, 0.3) is 0 Å². The van der Waals surface area contributed by atoms with Crippen molar-refractivity contribution in [3.63, 3.8) is 0 Å². The molecule has 5 aliphatic carbocycles. The van der Waals surface area contributed by atoms with Gasteiger partial charge in [-0.25, -0.2) is 0 Å². The third-order valence-electron chi connectivity index (χ3n) is 15.5. The molecule has 5 unspecified atom stereocenters. The lowest BCUT2D eigenvalue weighted by atomic mass is 9.48. The van der Waals surface area contributed by atoms with Crippen LogP contribution in [-0.2, 0) is 31.2 Å². The van der Waals surface area contributed by atoms with E-state index in [0.717, 1.165) is 24.2 Å². The van der Waals surface area contributed by atoms with Crippen LogP contribution in [0.25, 0.3) is 33.6 Å². The third kappa shape index (κ3) is 4.76. The van der Waals surface area contributed by atoms with Crippen LogP contribution in [0.5, 0.6) is 0 Å². The maximum absolute atomic E-state index is 4.69. The van der Waals surface area contributed by atoms with Crippen LogP contribution >= 0.6 is 0 Å².